The van der Waals surface area contributed by atoms with Gasteiger partial charge in [-0.1, -0.05) is 12.1 Å². The molecule has 1 fully saturated rings. The van der Waals surface area contributed by atoms with Crippen LogP contribution in [0.1, 0.15) is 41.9 Å². The molecule has 0 aromatic heterocycles. The molecule has 0 spiro atoms. The van der Waals surface area contributed by atoms with Crippen LogP contribution in [0.25, 0.3) is 0 Å². The Morgan fingerprint density at radius 3 is 2.58 bits per heavy atom. The van der Waals surface area contributed by atoms with Gasteiger partial charge >= 0.3 is 0 Å². The molecule has 4 nitrogen and oxygen atoms in total. The van der Waals surface area contributed by atoms with Crippen molar-refractivity contribution in [2.45, 2.75) is 37.7 Å². The lowest BCUT2D eigenvalue weighted by atomic mass is 9.80. The van der Waals surface area contributed by atoms with Gasteiger partial charge in [0.15, 0.2) is 11.5 Å². The van der Waals surface area contributed by atoms with Gasteiger partial charge in [-0.2, -0.15) is 0 Å². The van der Waals surface area contributed by atoms with E-state index >= 15 is 0 Å². The first-order valence-corrected chi connectivity index (χ1v) is 8.34. The van der Waals surface area contributed by atoms with Crippen molar-refractivity contribution < 1.29 is 19.3 Å². The normalized spacial score (nSPS) is 24.2. The third-order valence-electron chi connectivity index (χ3n) is 5.56. The van der Waals surface area contributed by atoms with E-state index < -0.39 is 0 Å². The number of rotatable bonds is 3. The second kappa shape index (κ2) is 5.33. The Balaban J connectivity index is 1.84. The maximum absolute atomic E-state index is 10.4. The Hall–Kier alpha value is -2.36. The summed E-state index contributed by atoms with van der Waals surface area (Å²) in [5.41, 5.74) is 2.81. The SMILES string of the molecule is COc1ccc(C23CCCC2c2c(cc(OC)c(O)c2C)O3)cc1. The molecule has 1 N–H and O–H groups in total. The van der Waals surface area contributed by atoms with Crippen LogP contribution in [0.5, 0.6) is 23.0 Å². The van der Waals surface area contributed by atoms with E-state index in [1.807, 2.05) is 25.1 Å². The number of phenols is 1. The van der Waals surface area contributed by atoms with E-state index in [1.165, 1.54) is 5.56 Å². The quantitative estimate of drug-likeness (QED) is 0.915. The Labute approximate surface area is 142 Å². The van der Waals surface area contributed by atoms with Crippen molar-refractivity contribution in [3.05, 3.63) is 47.0 Å². The van der Waals surface area contributed by atoms with E-state index in [2.05, 4.69) is 12.1 Å². The number of hydrogen-bond acceptors (Lipinski definition) is 4. The molecule has 0 bridgehead atoms. The maximum atomic E-state index is 10.4. The zero-order valence-corrected chi connectivity index (χ0v) is 14.3. The molecule has 2 aromatic rings. The molecule has 0 saturated heterocycles. The van der Waals surface area contributed by atoms with Gasteiger partial charge in [0.1, 0.15) is 17.1 Å². The van der Waals surface area contributed by atoms with Gasteiger partial charge in [0.25, 0.3) is 0 Å². The highest BCUT2D eigenvalue weighted by atomic mass is 16.5. The minimum Gasteiger partial charge on any atom is -0.504 e. The minimum absolute atomic E-state index is 0.220. The highest BCUT2D eigenvalue weighted by Gasteiger charge is 2.53. The number of fused-ring (bicyclic) bond motifs is 3. The minimum atomic E-state index is -0.349. The number of hydrogen-bond donors (Lipinski definition) is 1. The lowest BCUT2D eigenvalue weighted by Gasteiger charge is -2.30. The maximum Gasteiger partial charge on any atom is 0.164 e. The summed E-state index contributed by atoms with van der Waals surface area (Å²) in [6.07, 6.45) is 3.15. The number of benzene rings is 2. The summed E-state index contributed by atoms with van der Waals surface area (Å²) in [5.74, 6) is 2.63. The average molecular weight is 326 g/mol. The Bertz CT molecular complexity index is 781. The standard InChI is InChI=1S/C20H22O4/c1-12-18-15-5-4-10-20(15,13-6-8-14(22-2)9-7-13)24-16(18)11-17(23-3)19(12)21/h6-9,11,15,21H,4-5,10H2,1-3H3. The number of phenolic OH excluding ortho intramolecular Hbond substituents is 1. The van der Waals surface area contributed by atoms with Crippen molar-refractivity contribution in [1.82, 2.24) is 0 Å². The lowest BCUT2D eigenvalue weighted by molar-refractivity contribution is 0.0838. The fourth-order valence-electron chi connectivity index (χ4n) is 4.39. The van der Waals surface area contributed by atoms with Crippen LogP contribution in [-0.4, -0.2) is 19.3 Å². The fraction of sp³-hybridized carbons (Fsp3) is 0.400. The van der Waals surface area contributed by atoms with Crippen LogP contribution in [0.4, 0.5) is 0 Å². The predicted molar refractivity (Wildman–Crippen MR) is 91.3 cm³/mol. The fourth-order valence-corrected chi connectivity index (χ4v) is 4.39. The van der Waals surface area contributed by atoms with Crippen LogP contribution in [0.15, 0.2) is 30.3 Å². The largest absolute Gasteiger partial charge is 0.504 e. The molecular weight excluding hydrogens is 304 g/mol. The number of methoxy groups -OCH3 is 2. The van der Waals surface area contributed by atoms with Crippen molar-refractivity contribution >= 4 is 0 Å². The molecule has 1 aliphatic heterocycles. The molecule has 1 aliphatic carbocycles. The van der Waals surface area contributed by atoms with E-state index in [0.717, 1.165) is 41.9 Å². The van der Waals surface area contributed by atoms with Gasteiger partial charge in [0.05, 0.1) is 14.2 Å². The first-order valence-electron chi connectivity index (χ1n) is 8.34. The highest BCUT2D eigenvalue weighted by molar-refractivity contribution is 5.61. The van der Waals surface area contributed by atoms with Gasteiger partial charge in [-0.3, -0.25) is 0 Å². The molecule has 1 heterocycles. The lowest BCUT2D eigenvalue weighted by Crippen LogP contribution is -2.30. The Morgan fingerprint density at radius 1 is 1.17 bits per heavy atom. The number of ether oxygens (including phenoxy) is 3. The summed E-state index contributed by atoms with van der Waals surface area (Å²) >= 11 is 0. The van der Waals surface area contributed by atoms with E-state index in [-0.39, 0.29) is 17.3 Å². The van der Waals surface area contributed by atoms with Crippen molar-refractivity contribution in [1.29, 1.82) is 0 Å². The molecule has 0 amide bonds. The van der Waals surface area contributed by atoms with Crippen molar-refractivity contribution in [3.63, 3.8) is 0 Å². The first-order chi connectivity index (χ1) is 11.6. The van der Waals surface area contributed by atoms with Gasteiger partial charge in [-0.05, 0) is 43.9 Å². The van der Waals surface area contributed by atoms with Gasteiger partial charge in [-0.15, -0.1) is 0 Å². The molecule has 2 atom stereocenters. The number of aromatic hydroxyl groups is 1. The molecule has 4 heteroatoms. The van der Waals surface area contributed by atoms with Crippen molar-refractivity contribution in [2.75, 3.05) is 14.2 Å². The van der Waals surface area contributed by atoms with Crippen LogP contribution < -0.4 is 14.2 Å². The molecule has 2 aromatic carbocycles. The second-order valence-electron chi connectivity index (χ2n) is 6.63. The predicted octanol–water partition coefficient (Wildman–Crippen LogP) is 4.27. The monoisotopic (exact) mass is 326 g/mol. The molecule has 24 heavy (non-hydrogen) atoms. The summed E-state index contributed by atoms with van der Waals surface area (Å²) in [6, 6.07) is 9.97. The summed E-state index contributed by atoms with van der Waals surface area (Å²) < 4.78 is 17.1. The van der Waals surface area contributed by atoms with E-state index in [9.17, 15) is 5.11 Å². The Kier molecular flexibility index (Phi) is 3.37. The van der Waals surface area contributed by atoms with Crippen LogP contribution in [0.3, 0.4) is 0 Å². The third kappa shape index (κ3) is 1.92. The zero-order chi connectivity index (χ0) is 16.9. The van der Waals surface area contributed by atoms with Gasteiger partial charge < -0.3 is 19.3 Å². The molecule has 126 valence electrons. The summed E-state index contributed by atoms with van der Waals surface area (Å²) in [5, 5.41) is 10.4. The van der Waals surface area contributed by atoms with Gasteiger partial charge in [0.2, 0.25) is 0 Å². The third-order valence-corrected chi connectivity index (χ3v) is 5.56. The first kappa shape index (κ1) is 15.2. The van der Waals surface area contributed by atoms with Crippen molar-refractivity contribution in [3.8, 4) is 23.0 Å². The van der Waals surface area contributed by atoms with Gasteiger partial charge in [0, 0.05) is 23.1 Å². The molecule has 2 unspecified atom stereocenters. The summed E-state index contributed by atoms with van der Waals surface area (Å²) in [4.78, 5) is 0. The van der Waals surface area contributed by atoms with E-state index in [4.69, 9.17) is 14.2 Å². The molecule has 0 radical (unpaired) electrons. The van der Waals surface area contributed by atoms with Crippen LogP contribution in [-0.2, 0) is 5.60 Å². The van der Waals surface area contributed by atoms with Crippen LogP contribution in [0, 0.1) is 6.92 Å². The van der Waals surface area contributed by atoms with Crippen molar-refractivity contribution in [2.24, 2.45) is 0 Å². The molecule has 2 aliphatic rings. The summed E-state index contributed by atoms with van der Waals surface area (Å²) in [7, 11) is 3.24. The van der Waals surface area contributed by atoms with Gasteiger partial charge in [-0.25, -0.2) is 0 Å². The van der Waals surface area contributed by atoms with Crippen LogP contribution in [0.2, 0.25) is 0 Å². The smallest absolute Gasteiger partial charge is 0.164 e. The molecular formula is C20H22O4. The topological polar surface area (TPSA) is 47.9 Å². The van der Waals surface area contributed by atoms with Crippen LogP contribution >= 0.6 is 0 Å². The van der Waals surface area contributed by atoms with E-state index in [1.54, 1.807) is 14.2 Å². The second-order valence-corrected chi connectivity index (χ2v) is 6.63. The molecule has 1 saturated carbocycles. The average Bonchev–Trinajstić information content (AvgIpc) is 3.15. The Morgan fingerprint density at radius 2 is 1.92 bits per heavy atom. The van der Waals surface area contributed by atoms with E-state index in [0.29, 0.717) is 5.75 Å². The summed E-state index contributed by atoms with van der Waals surface area (Å²) in [6.45, 7) is 1.95. The highest BCUT2D eigenvalue weighted by Crippen LogP contribution is 2.61. The molecule has 4 rings (SSSR count). The zero-order valence-electron chi connectivity index (χ0n) is 14.3.